The average molecular weight is 745 g/mol. The van der Waals surface area contributed by atoms with Gasteiger partial charge in [-0.3, -0.25) is 0 Å². The number of rotatable bonds is 0. The van der Waals surface area contributed by atoms with E-state index in [4.69, 9.17) is 0 Å². The lowest BCUT2D eigenvalue weighted by Crippen LogP contribution is -1.81. The molecule has 296 valence electrons. The van der Waals surface area contributed by atoms with E-state index >= 15 is 0 Å². The molecule has 0 bridgehead atoms. The largest absolute Gasteiger partial charge is 0.0683 e. The van der Waals surface area contributed by atoms with E-state index in [-0.39, 0.29) is 0 Å². The number of benzene rings is 8. The number of fused-ring (bicyclic) bond motifs is 4. The smallest absolute Gasteiger partial charge is 0.0125 e. The van der Waals surface area contributed by atoms with Crippen LogP contribution in [0.3, 0.4) is 0 Å². The molecular formula is C56H72. The van der Waals surface area contributed by atoms with Crippen LogP contribution in [-0.2, 0) is 0 Å². The third-order valence-corrected chi connectivity index (χ3v) is 9.09. The second-order valence-electron chi connectivity index (χ2n) is 13.1. The van der Waals surface area contributed by atoms with Crippen LogP contribution in [-0.4, -0.2) is 0 Å². The van der Waals surface area contributed by atoms with Gasteiger partial charge in [-0.25, -0.2) is 0 Å². The van der Waals surface area contributed by atoms with E-state index in [1.165, 1.54) is 87.6 Å². The lowest BCUT2D eigenvalue weighted by molar-refractivity contribution is 1.46. The first-order chi connectivity index (χ1) is 27.1. The number of hydrogen-bond acceptors (Lipinski definition) is 0. The fourth-order valence-corrected chi connectivity index (χ4v) is 6.40. The fourth-order valence-electron chi connectivity index (χ4n) is 6.40. The second kappa shape index (κ2) is 26.6. The van der Waals surface area contributed by atoms with E-state index in [2.05, 4.69) is 201 Å². The maximum Gasteiger partial charge on any atom is -0.0125 e. The van der Waals surface area contributed by atoms with E-state index in [1.807, 2.05) is 55.4 Å². The Balaban J connectivity index is 0.000000352. The van der Waals surface area contributed by atoms with E-state index in [0.717, 1.165) is 0 Å². The molecule has 0 saturated heterocycles. The summed E-state index contributed by atoms with van der Waals surface area (Å²) in [5, 5.41) is 10.9. The Kier molecular flexibility index (Phi) is 23.2. The van der Waals surface area contributed by atoms with Gasteiger partial charge >= 0.3 is 0 Å². The van der Waals surface area contributed by atoms with Gasteiger partial charge in [-0.2, -0.15) is 0 Å². The summed E-state index contributed by atoms with van der Waals surface area (Å²) < 4.78 is 0. The first-order valence-electron chi connectivity index (χ1n) is 20.9. The van der Waals surface area contributed by atoms with Gasteiger partial charge in [-0.05, 0) is 126 Å². The fraction of sp³-hybridized carbons (Fsp3) is 0.286. The topological polar surface area (TPSA) is 0 Å². The number of aryl methyl sites for hydroxylation is 8. The van der Waals surface area contributed by atoms with Gasteiger partial charge in [0, 0.05) is 0 Å². The van der Waals surface area contributed by atoms with Crippen molar-refractivity contribution in [3.8, 4) is 0 Å². The molecule has 0 saturated carbocycles. The predicted octanol–water partition coefficient (Wildman–Crippen LogP) is 17.9. The Hall–Kier alpha value is -5.20. The van der Waals surface area contributed by atoms with Gasteiger partial charge < -0.3 is 0 Å². The van der Waals surface area contributed by atoms with Crippen molar-refractivity contribution in [2.24, 2.45) is 0 Å². The van der Waals surface area contributed by atoms with Crippen LogP contribution in [0.2, 0.25) is 0 Å². The molecule has 0 radical (unpaired) electrons. The van der Waals surface area contributed by atoms with Crippen molar-refractivity contribution in [2.75, 3.05) is 0 Å². The van der Waals surface area contributed by atoms with E-state index in [1.54, 1.807) is 0 Å². The molecule has 0 heterocycles. The summed E-state index contributed by atoms with van der Waals surface area (Å²) in [4.78, 5) is 0. The average Bonchev–Trinajstić information content (AvgIpc) is 3.22. The summed E-state index contributed by atoms with van der Waals surface area (Å²) in [7, 11) is 0. The molecule has 0 aliphatic carbocycles. The van der Waals surface area contributed by atoms with Crippen LogP contribution in [0.5, 0.6) is 0 Å². The first-order valence-corrected chi connectivity index (χ1v) is 20.9. The van der Waals surface area contributed by atoms with Gasteiger partial charge in [0.2, 0.25) is 0 Å². The van der Waals surface area contributed by atoms with Gasteiger partial charge in [0.1, 0.15) is 0 Å². The monoisotopic (exact) mass is 745 g/mol. The minimum Gasteiger partial charge on any atom is -0.0683 e. The molecule has 56 heavy (non-hydrogen) atoms. The highest BCUT2D eigenvalue weighted by Gasteiger charge is 1.99. The van der Waals surface area contributed by atoms with Gasteiger partial charge in [0.15, 0.2) is 0 Å². The molecule has 0 amide bonds. The van der Waals surface area contributed by atoms with Gasteiger partial charge in [-0.1, -0.05) is 218 Å². The summed E-state index contributed by atoms with van der Waals surface area (Å²) in [5.74, 6) is 0. The highest BCUT2D eigenvalue weighted by atomic mass is 14.0. The lowest BCUT2D eigenvalue weighted by atomic mass is 10.0. The third kappa shape index (κ3) is 14.5. The Morgan fingerprint density at radius 2 is 0.536 bits per heavy atom. The van der Waals surface area contributed by atoms with E-state index in [0.29, 0.717) is 0 Å². The Labute approximate surface area is 342 Å². The molecule has 0 fully saturated rings. The van der Waals surface area contributed by atoms with Crippen LogP contribution in [0.1, 0.15) is 99.9 Å². The molecule has 8 rings (SSSR count). The molecule has 0 aromatic heterocycles. The van der Waals surface area contributed by atoms with Crippen LogP contribution >= 0.6 is 0 Å². The first kappa shape index (κ1) is 48.8. The third-order valence-electron chi connectivity index (χ3n) is 9.09. The lowest BCUT2D eigenvalue weighted by Gasteiger charge is -2.04. The highest BCUT2D eigenvalue weighted by molar-refractivity contribution is 5.89. The van der Waals surface area contributed by atoms with Crippen molar-refractivity contribution < 1.29 is 0 Å². The molecule has 0 aliphatic rings. The zero-order valence-electron chi connectivity index (χ0n) is 37.9. The zero-order chi connectivity index (χ0) is 42.2. The minimum atomic E-state index is 1.33. The van der Waals surface area contributed by atoms with Crippen LogP contribution in [0, 0.1) is 55.4 Å². The van der Waals surface area contributed by atoms with E-state index < -0.39 is 0 Å². The normalized spacial score (nSPS) is 9.43. The van der Waals surface area contributed by atoms with Crippen LogP contribution in [0.15, 0.2) is 146 Å². The Morgan fingerprint density at radius 3 is 0.929 bits per heavy atom. The molecule has 0 atom stereocenters. The van der Waals surface area contributed by atoms with Crippen LogP contribution in [0.25, 0.3) is 43.1 Å². The molecule has 0 heteroatoms. The highest BCUT2D eigenvalue weighted by Crippen LogP contribution is 2.22. The van der Waals surface area contributed by atoms with Gasteiger partial charge in [0.25, 0.3) is 0 Å². The molecule has 0 spiro atoms. The summed E-state index contributed by atoms with van der Waals surface area (Å²) in [6, 6.07) is 51.8. The SMILES string of the molecule is CC.CC.CC.CC.Cc1ccc2c(C)cccc2c1.Cc1ccc2cccc(C)c2c1.Cc1ccc2cccc(C)c2c1.Cc1cccc2cccc(C)c12. The molecule has 0 nitrogen and oxygen atoms in total. The summed E-state index contributed by atoms with van der Waals surface area (Å²) in [5.41, 5.74) is 10.8. The molecule has 8 aromatic rings. The van der Waals surface area contributed by atoms with Gasteiger partial charge in [0.05, 0.1) is 0 Å². The maximum atomic E-state index is 2.24. The van der Waals surface area contributed by atoms with Crippen LogP contribution < -0.4 is 0 Å². The summed E-state index contributed by atoms with van der Waals surface area (Å²) in [6.07, 6.45) is 0. The Bertz CT molecular complexity index is 2190. The van der Waals surface area contributed by atoms with E-state index in [9.17, 15) is 0 Å². The van der Waals surface area contributed by atoms with Crippen molar-refractivity contribution in [1.82, 2.24) is 0 Å². The zero-order valence-corrected chi connectivity index (χ0v) is 37.9. The minimum absolute atomic E-state index is 1.33. The van der Waals surface area contributed by atoms with Crippen molar-refractivity contribution in [2.45, 2.75) is 111 Å². The quantitative estimate of drug-likeness (QED) is 0.145. The second-order valence-corrected chi connectivity index (χ2v) is 13.1. The van der Waals surface area contributed by atoms with Crippen molar-refractivity contribution in [3.05, 3.63) is 190 Å². The van der Waals surface area contributed by atoms with Gasteiger partial charge in [-0.15, -0.1) is 0 Å². The van der Waals surface area contributed by atoms with Crippen LogP contribution in [0.4, 0.5) is 0 Å². The number of hydrogen-bond donors (Lipinski definition) is 0. The predicted molar refractivity (Wildman–Crippen MR) is 259 cm³/mol. The standard InChI is InChI=1S/4C12H12.4C2H6/c1-9-5-3-7-11-8-4-6-10(2)12(9)11;1-9-6-7-12-10(2)4-3-5-11(12)8-9;2*1-9-6-7-11-5-3-4-10(2)12(11)8-9;4*1-2/h4*3-8H,1-2H3;4*1-2H3. The molecule has 0 unspecified atom stereocenters. The van der Waals surface area contributed by atoms with Crippen molar-refractivity contribution in [1.29, 1.82) is 0 Å². The molecule has 0 N–H and O–H groups in total. The molecular weight excluding hydrogens is 673 g/mol. The molecule has 8 aromatic carbocycles. The Morgan fingerprint density at radius 1 is 0.232 bits per heavy atom. The molecule has 0 aliphatic heterocycles. The summed E-state index contributed by atoms with van der Waals surface area (Å²) in [6.45, 7) is 33.2. The maximum absolute atomic E-state index is 2.24. The summed E-state index contributed by atoms with van der Waals surface area (Å²) >= 11 is 0. The van der Waals surface area contributed by atoms with Crippen molar-refractivity contribution >= 4 is 43.1 Å². The van der Waals surface area contributed by atoms with Crippen molar-refractivity contribution in [3.63, 3.8) is 0 Å².